The molecule has 1 unspecified atom stereocenters. The summed E-state index contributed by atoms with van der Waals surface area (Å²) in [5.41, 5.74) is -0.870. The largest absolute Gasteiger partial charge is 0.387 e. The topological polar surface area (TPSA) is 66.4 Å². The highest BCUT2D eigenvalue weighted by atomic mass is 35.5. The zero-order valence-corrected chi connectivity index (χ0v) is 11.8. The number of nitrogens with one attached hydrogen (secondary N) is 1. The van der Waals surface area contributed by atoms with Gasteiger partial charge in [-0.05, 0) is 24.6 Å². The molecule has 1 aliphatic heterocycles. The van der Waals surface area contributed by atoms with Crippen LogP contribution in [0.4, 0.5) is 4.39 Å². The van der Waals surface area contributed by atoms with Crippen molar-refractivity contribution in [1.29, 1.82) is 0 Å². The first kappa shape index (κ1) is 14.7. The van der Waals surface area contributed by atoms with Crippen molar-refractivity contribution in [3.63, 3.8) is 0 Å². The van der Waals surface area contributed by atoms with Crippen LogP contribution in [-0.2, 0) is 16.4 Å². The standard InChI is InChI=1S/C12H15ClFNO3S/c13-10-1-2-11(14)9(5-10)6-15-7-12(16)3-4-19(17,18)8-12/h1-2,5,15-16H,3-4,6-8H2. The van der Waals surface area contributed by atoms with Gasteiger partial charge in [0.2, 0.25) is 0 Å². The lowest BCUT2D eigenvalue weighted by atomic mass is 10.0. The van der Waals surface area contributed by atoms with Crippen molar-refractivity contribution in [3.05, 3.63) is 34.6 Å². The summed E-state index contributed by atoms with van der Waals surface area (Å²) in [4.78, 5) is 0. The number of aliphatic hydroxyl groups is 1. The zero-order chi connectivity index (χ0) is 14.1. The normalized spacial score (nSPS) is 25.6. The Kier molecular flexibility index (Phi) is 4.15. The van der Waals surface area contributed by atoms with Crippen LogP contribution >= 0.6 is 11.6 Å². The molecule has 0 spiro atoms. The van der Waals surface area contributed by atoms with Crippen molar-refractivity contribution >= 4 is 21.4 Å². The van der Waals surface area contributed by atoms with Crippen molar-refractivity contribution in [2.45, 2.75) is 18.6 Å². The van der Waals surface area contributed by atoms with Crippen LogP contribution in [0.1, 0.15) is 12.0 Å². The molecule has 19 heavy (non-hydrogen) atoms. The molecule has 4 nitrogen and oxygen atoms in total. The summed E-state index contributed by atoms with van der Waals surface area (Å²) >= 11 is 5.76. The van der Waals surface area contributed by atoms with E-state index in [1.165, 1.54) is 18.2 Å². The van der Waals surface area contributed by atoms with Crippen LogP contribution in [0.25, 0.3) is 0 Å². The summed E-state index contributed by atoms with van der Waals surface area (Å²) < 4.78 is 36.1. The van der Waals surface area contributed by atoms with Gasteiger partial charge in [0, 0.05) is 23.7 Å². The minimum Gasteiger partial charge on any atom is -0.387 e. The van der Waals surface area contributed by atoms with Crippen LogP contribution in [0, 0.1) is 5.82 Å². The van der Waals surface area contributed by atoms with Gasteiger partial charge < -0.3 is 10.4 Å². The maximum Gasteiger partial charge on any atom is 0.153 e. The van der Waals surface area contributed by atoms with E-state index in [1.807, 2.05) is 0 Å². The van der Waals surface area contributed by atoms with E-state index < -0.39 is 15.4 Å². The maximum absolute atomic E-state index is 13.4. The van der Waals surface area contributed by atoms with Gasteiger partial charge in [-0.15, -0.1) is 0 Å². The Balaban J connectivity index is 1.92. The number of sulfone groups is 1. The van der Waals surface area contributed by atoms with E-state index in [4.69, 9.17) is 11.6 Å². The van der Waals surface area contributed by atoms with Crippen molar-refractivity contribution in [2.75, 3.05) is 18.1 Å². The Morgan fingerprint density at radius 1 is 1.47 bits per heavy atom. The van der Waals surface area contributed by atoms with E-state index >= 15 is 0 Å². The lowest BCUT2D eigenvalue weighted by Gasteiger charge is -2.21. The zero-order valence-electron chi connectivity index (χ0n) is 10.2. The third-order valence-corrected chi connectivity index (χ3v) is 5.18. The lowest BCUT2D eigenvalue weighted by Crippen LogP contribution is -2.41. The van der Waals surface area contributed by atoms with Crippen LogP contribution in [0.3, 0.4) is 0 Å². The number of benzene rings is 1. The predicted molar refractivity (Wildman–Crippen MR) is 71.3 cm³/mol. The Bertz CT molecular complexity index is 578. The average Bonchev–Trinajstić information content (AvgIpc) is 2.58. The van der Waals surface area contributed by atoms with Gasteiger partial charge in [0.15, 0.2) is 9.84 Å². The smallest absolute Gasteiger partial charge is 0.153 e. The van der Waals surface area contributed by atoms with E-state index in [1.54, 1.807) is 0 Å². The molecule has 0 amide bonds. The molecule has 0 saturated carbocycles. The van der Waals surface area contributed by atoms with E-state index in [2.05, 4.69) is 5.32 Å². The molecule has 1 aromatic rings. The van der Waals surface area contributed by atoms with Gasteiger partial charge in [-0.1, -0.05) is 11.6 Å². The molecule has 1 fully saturated rings. The molecule has 0 bridgehead atoms. The summed E-state index contributed by atoms with van der Waals surface area (Å²) in [7, 11) is -3.15. The summed E-state index contributed by atoms with van der Waals surface area (Å²) in [6.07, 6.45) is 0.209. The summed E-state index contributed by atoms with van der Waals surface area (Å²) in [6.45, 7) is 0.299. The maximum atomic E-state index is 13.4. The molecule has 1 heterocycles. The first-order valence-electron chi connectivity index (χ1n) is 5.87. The monoisotopic (exact) mass is 307 g/mol. The quantitative estimate of drug-likeness (QED) is 0.875. The molecular formula is C12H15ClFNO3S. The van der Waals surface area contributed by atoms with Crippen molar-refractivity contribution in [2.24, 2.45) is 0 Å². The Labute approximate surface area is 116 Å². The number of rotatable bonds is 4. The minimum atomic E-state index is -3.15. The lowest BCUT2D eigenvalue weighted by molar-refractivity contribution is 0.0669. The highest BCUT2D eigenvalue weighted by Crippen LogP contribution is 2.22. The van der Waals surface area contributed by atoms with Crippen LogP contribution in [-0.4, -0.2) is 37.2 Å². The van der Waals surface area contributed by atoms with E-state index in [-0.39, 0.29) is 36.8 Å². The molecule has 0 radical (unpaired) electrons. The summed E-state index contributed by atoms with van der Waals surface area (Å²) in [6, 6.07) is 4.23. The van der Waals surface area contributed by atoms with Crippen molar-refractivity contribution < 1.29 is 17.9 Å². The highest BCUT2D eigenvalue weighted by molar-refractivity contribution is 7.91. The van der Waals surface area contributed by atoms with Gasteiger partial charge in [0.1, 0.15) is 5.82 Å². The molecule has 0 aromatic heterocycles. The molecule has 7 heteroatoms. The van der Waals surface area contributed by atoms with E-state index in [0.29, 0.717) is 10.6 Å². The van der Waals surface area contributed by atoms with Gasteiger partial charge in [-0.2, -0.15) is 0 Å². The predicted octanol–water partition coefficient (Wildman–Crippen LogP) is 1.12. The van der Waals surface area contributed by atoms with Crippen molar-refractivity contribution in [1.82, 2.24) is 5.32 Å². The number of hydrogen-bond acceptors (Lipinski definition) is 4. The average molecular weight is 308 g/mol. The van der Waals surface area contributed by atoms with Gasteiger partial charge in [-0.3, -0.25) is 0 Å². The van der Waals surface area contributed by atoms with Crippen LogP contribution in [0.2, 0.25) is 5.02 Å². The van der Waals surface area contributed by atoms with Gasteiger partial charge in [-0.25, -0.2) is 12.8 Å². The summed E-state index contributed by atoms with van der Waals surface area (Å²) in [5.74, 6) is -0.634. The fourth-order valence-electron chi connectivity index (χ4n) is 2.15. The van der Waals surface area contributed by atoms with Crippen LogP contribution < -0.4 is 5.32 Å². The molecule has 1 atom stereocenters. The summed E-state index contributed by atoms with van der Waals surface area (Å²) in [5, 5.41) is 13.4. The fraction of sp³-hybridized carbons (Fsp3) is 0.500. The van der Waals surface area contributed by atoms with E-state index in [0.717, 1.165) is 0 Å². The third kappa shape index (κ3) is 3.89. The third-order valence-electron chi connectivity index (χ3n) is 3.14. The number of hydrogen-bond donors (Lipinski definition) is 2. The molecule has 1 aromatic carbocycles. The van der Waals surface area contributed by atoms with Crippen LogP contribution in [0.15, 0.2) is 18.2 Å². The van der Waals surface area contributed by atoms with Gasteiger partial charge >= 0.3 is 0 Å². The second kappa shape index (κ2) is 5.36. The SMILES string of the molecule is O=S1(=O)CCC(O)(CNCc2cc(Cl)ccc2F)C1. The van der Waals surface area contributed by atoms with Gasteiger partial charge in [0.25, 0.3) is 0 Å². The molecule has 1 aliphatic rings. The Hall–Kier alpha value is -0.690. The molecule has 1 saturated heterocycles. The van der Waals surface area contributed by atoms with E-state index in [9.17, 15) is 17.9 Å². The first-order valence-corrected chi connectivity index (χ1v) is 8.07. The molecule has 2 N–H and O–H groups in total. The molecule has 0 aliphatic carbocycles. The Morgan fingerprint density at radius 2 is 2.21 bits per heavy atom. The van der Waals surface area contributed by atoms with Crippen molar-refractivity contribution in [3.8, 4) is 0 Å². The van der Waals surface area contributed by atoms with Gasteiger partial charge in [0.05, 0.1) is 17.1 Å². The molecule has 2 rings (SSSR count). The number of halogens is 2. The second-order valence-electron chi connectivity index (χ2n) is 4.91. The second-order valence-corrected chi connectivity index (χ2v) is 7.53. The first-order chi connectivity index (χ1) is 8.80. The molecule has 106 valence electrons. The van der Waals surface area contributed by atoms with Crippen LogP contribution in [0.5, 0.6) is 0 Å². The minimum absolute atomic E-state index is 0.00327. The Morgan fingerprint density at radius 3 is 2.84 bits per heavy atom. The molecular weight excluding hydrogens is 293 g/mol. The fourth-order valence-corrected chi connectivity index (χ4v) is 4.24. The highest BCUT2D eigenvalue weighted by Gasteiger charge is 2.40.